The van der Waals surface area contributed by atoms with Gasteiger partial charge >= 0.3 is 0 Å². The lowest BCUT2D eigenvalue weighted by atomic mass is 10.1. The van der Waals surface area contributed by atoms with Crippen LogP contribution in [0.1, 0.15) is 42.2 Å². The van der Waals surface area contributed by atoms with Gasteiger partial charge < -0.3 is 9.90 Å². The first-order chi connectivity index (χ1) is 10.4. The van der Waals surface area contributed by atoms with Crippen LogP contribution in [0.15, 0.2) is 36.4 Å². The number of hydrogen-bond donors (Lipinski definition) is 0. The summed E-state index contributed by atoms with van der Waals surface area (Å²) in [5.74, 6) is -2.34. The molecule has 0 radical (unpaired) electrons. The van der Waals surface area contributed by atoms with Crippen LogP contribution in [0.5, 0.6) is 0 Å². The van der Waals surface area contributed by atoms with Gasteiger partial charge in [0.15, 0.2) is 0 Å². The Morgan fingerprint density at radius 3 is 2.14 bits per heavy atom. The van der Waals surface area contributed by atoms with Gasteiger partial charge in [-0.25, -0.2) is 4.90 Å². The van der Waals surface area contributed by atoms with Crippen LogP contribution in [-0.4, -0.2) is 17.8 Å². The van der Waals surface area contributed by atoms with Gasteiger partial charge in [0, 0.05) is 0 Å². The minimum atomic E-state index is -1.38. The number of carboxylic acid groups (broad SMARTS) is 1. The van der Waals surface area contributed by atoms with E-state index in [0.717, 1.165) is 16.0 Å². The Labute approximate surface area is 126 Å². The van der Waals surface area contributed by atoms with Crippen molar-refractivity contribution in [2.75, 3.05) is 4.90 Å². The fourth-order valence-electron chi connectivity index (χ4n) is 2.73. The number of aryl methyl sites for hydroxylation is 2. The lowest BCUT2D eigenvalue weighted by Crippen LogP contribution is -2.30. The molecule has 0 fully saturated rings. The summed E-state index contributed by atoms with van der Waals surface area (Å²) in [4.78, 5) is 37.1. The van der Waals surface area contributed by atoms with E-state index in [-0.39, 0.29) is 16.7 Å². The van der Waals surface area contributed by atoms with Crippen LogP contribution in [0.3, 0.4) is 0 Å². The molecule has 1 heterocycles. The molecule has 0 atom stereocenters. The maximum Gasteiger partial charge on any atom is 0.266 e. The summed E-state index contributed by atoms with van der Waals surface area (Å²) in [6.45, 7) is 3.64. The lowest BCUT2D eigenvalue weighted by molar-refractivity contribution is -0.255. The molecule has 0 saturated carbocycles. The Morgan fingerprint density at radius 1 is 0.955 bits per heavy atom. The van der Waals surface area contributed by atoms with Crippen molar-refractivity contribution in [3.8, 4) is 0 Å². The van der Waals surface area contributed by atoms with Crippen molar-refractivity contribution in [3.63, 3.8) is 0 Å². The smallest absolute Gasteiger partial charge is 0.266 e. The second-order valence-electron chi connectivity index (χ2n) is 5.23. The number of amides is 2. The van der Waals surface area contributed by atoms with E-state index in [9.17, 15) is 19.5 Å². The molecule has 0 aliphatic carbocycles. The van der Waals surface area contributed by atoms with Crippen LogP contribution in [-0.2, 0) is 0 Å². The minimum Gasteiger partial charge on any atom is -0.545 e. The predicted octanol–water partition coefficient (Wildman–Crippen LogP) is 1.47. The fraction of sp³-hybridized carbons (Fsp3) is 0.118. The third kappa shape index (κ3) is 1.90. The monoisotopic (exact) mass is 294 g/mol. The quantitative estimate of drug-likeness (QED) is 0.786. The van der Waals surface area contributed by atoms with Crippen molar-refractivity contribution in [2.24, 2.45) is 0 Å². The van der Waals surface area contributed by atoms with E-state index < -0.39 is 17.8 Å². The molecule has 0 unspecified atom stereocenters. The molecule has 1 aliphatic heterocycles. The standard InChI is InChI=1S/C17H13NO4/c1-9-4-3-5-10(2)14(9)18-15(19)12-7-6-11(17(21)22)8-13(12)16(18)20/h3-8H,1-2H3,(H,21,22)/p-1. The van der Waals surface area contributed by atoms with Crippen LogP contribution in [0.2, 0.25) is 0 Å². The maximum atomic E-state index is 12.6. The molecule has 0 aromatic heterocycles. The van der Waals surface area contributed by atoms with Crippen LogP contribution in [0.4, 0.5) is 5.69 Å². The summed E-state index contributed by atoms with van der Waals surface area (Å²) in [6, 6.07) is 9.30. The largest absolute Gasteiger partial charge is 0.545 e. The van der Waals surface area contributed by atoms with Gasteiger partial charge in [0.2, 0.25) is 0 Å². The molecule has 0 spiro atoms. The number of anilines is 1. The highest BCUT2D eigenvalue weighted by Gasteiger charge is 2.38. The second-order valence-corrected chi connectivity index (χ2v) is 5.23. The van der Waals surface area contributed by atoms with Gasteiger partial charge in [-0.05, 0) is 42.7 Å². The highest BCUT2D eigenvalue weighted by Crippen LogP contribution is 2.33. The molecule has 0 bridgehead atoms. The predicted molar refractivity (Wildman–Crippen MR) is 77.8 cm³/mol. The summed E-state index contributed by atoms with van der Waals surface area (Å²) >= 11 is 0. The van der Waals surface area contributed by atoms with E-state index in [4.69, 9.17) is 0 Å². The van der Waals surface area contributed by atoms with Gasteiger partial charge in [0.25, 0.3) is 11.8 Å². The van der Waals surface area contributed by atoms with Gasteiger partial charge in [-0.3, -0.25) is 9.59 Å². The summed E-state index contributed by atoms with van der Waals surface area (Å²) in [7, 11) is 0. The van der Waals surface area contributed by atoms with E-state index in [1.54, 1.807) is 0 Å². The SMILES string of the molecule is Cc1cccc(C)c1N1C(=O)c2ccc(C(=O)[O-])cc2C1=O. The number of nitrogens with zero attached hydrogens (tertiary/aromatic N) is 1. The van der Waals surface area contributed by atoms with Crippen molar-refractivity contribution >= 4 is 23.5 Å². The van der Waals surface area contributed by atoms with Crippen LogP contribution in [0, 0.1) is 13.8 Å². The van der Waals surface area contributed by atoms with E-state index >= 15 is 0 Å². The fourth-order valence-corrected chi connectivity index (χ4v) is 2.73. The molecular weight excluding hydrogens is 282 g/mol. The topological polar surface area (TPSA) is 77.5 Å². The molecule has 22 heavy (non-hydrogen) atoms. The van der Waals surface area contributed by atoms with Crippen molar-refractivity contribution in [1.82, 2.24) is 0 Å². The number of carbonyl (C=O) groups excluding carboxylic acids is 3. The number of rotatable bonds is 2. The zero-order chi connectivity index (χ0) is 16.0. The number of aromatic carboxylic acids is 1. The average molecular weight is 294 g/mol. The molecule has 1 aliphatic rings. The molecule has 5 nitrogen and oxygen atoms in total. The van der Waals surface area contributed by atoms with Gasteiger partial charge in [-0.15, -0.1) is 0 Å². The van der Waals surface area contributed by atoms with Crippen LogP contribution < -0.4 is 10.0 Å². The molecule has 3 rings (SSSR count). The molecule has 2 amide bonds. The Morgan fingerprint density at radius 2 is 1.55 bits per heavy atom. The van der Waals surface area contributed by atoms with Crippen molar-refractivity contribution < 1.29 is 19.5 Å². The molecule has 0 N–H and O–H groups in total. The molecule has 5 heteroatoms. The first-order valence-electron chi connectivity index (χ1n) is 6.72. The highest BCUT2D eigenvalue weighted by atomic mass is 16.4. The number of carboxylic acids is 1. The van der Waals surface area contributed by atoms with E-state index in [1.807, 2.05) is 32.0 Å². The average Bonchev–Trinajstić information content (AvgIpc) is 2.72. The first kappa shape index (κ1) is 14.0. The molecule has 110 valence electrons. The number of para-hydroxylation sites is 1. The molecular formula is C17H12NO4-. The Kier molecular flexibility index (Phi) is 3.06. The lowest BCUT2D eigenvalue weighted by Gasteiger charge is -2.19. The van der Waals surface area contributed by atoms with Gasteiger partial charge in [0.05, 0.1) is 22.8 Å². The summed E-state index contributed by atoms with van der Waals surface area (Å²) < 4.78 is 0. The number of benzene rings is 2. The van der Waals surface area contributed by atoms with E-state index in [1.165, 1.54) is 18.2 Å². The maximum absolute atomic E-state index is 12.6. The van der Waals surface area contributed by atoms with Crippen LogP contribution >= 0.6 is 0 Å². The number of imide groups is 1. The van der Waals surface area contributed by atoms with Crippen LogP contribution in [0.25, 0.3) is 0 Å². The van der Waals surface area contributed by atoms with Gasteiger partial charge in [-0.2, -0.15) is 0 Å². The van der Waals surface area contributed by atoms with Crippen molar-refractivity contribution in [3.05, 3.63) is 64.2 Å². The van der Waals surface area contributed by atoms with E-state index in [2.05, 4.69) is 0 Å². The van der Waals surface area contributed by atoms with Crippen molar-refractivity contribution in [1.29, 1.82) is 0 Å². The second kappa shape index (κ2) is 4.80. The number of carbonyl (C=O) groups is 3. The van der Waals surface area contributed by atoms with Gasteiger partial charge in [-0.1, -0.05) is 24.3 Å². The van der Waals surface area contributed by atoms with Crippen molar-refractivity contribution in [2.45, 2.75) is 13.8 Å². The normalized spacial score (nSPS) is 13.5. The Balaban J connectivity index is 2.17. The minimum absolute atomic E-state index is 0.0920. The number of hydrogen-bond acceptors (Lipinski definition) is 4. The highest BCUT2D eigenvalue weighted by molar-refractivity contribution is 6.35. The zero-order valence-electron chi connectivity index (χ0n) is 12.0. The summed E-state index contributed by atoms with van der Waals surface area (Å²) in [5, 5.41) is 10.9. The molecule has 2 aromatic rings. The first-order valence-corrected chi connectivity index (χ1v) is 6.72. The summed E-state index contributed by atoms with van der Waals surface area (Å²) in [5.41, 5.74) is 2.32. The van der Waals surface area contributed by atoms with Gasteiger partial charge in [0.1, 0.15) is 0 Å². The van der Waals surface area contributed by atoms with E-state index in [0.29, 0.717) is 5.69 Å². The Hall–Kier alpha value is -2.95. The number of fused-ring (bicyclic) bond motifs is 1. The Bertz CT molecular complexity index is 818. The zero-order valence-corrected chi connectivity index (χ0v) is 12.0. The third-order valence-corrected chi connectivity index (χ3v) is 3.79. The molecule has 2 aromatic carbocycles. The summed E-state index contributed by atoms with van der Waals surface area (Å²) in [6.07, 6.45) is 0. The molecule has 0 saturated heterocycles. The third-order valence-electron chi connectivity index (χ3n) is 3.79.